The molecular weight excluding hydrogens is 637 g/mol. The van der Waals surface area contributed by atoms with E-state index < -0.39 is 11.9 Å². The van der Waals surface area contributed by atoms with Crippen LogP contribution in [0.3, 0.4) is 0 Å². The molecule has 1 atom stereocenters. The third-order valence-corrected chi connectivity index (χ3v) is 8.86. The van der Waals surface area contributed by atoms with Crippen LogP contribution in [0, 0.1) is 0 Å². The van der Waals surface area contributed by atoms with Crippen LogP contribution in [-0.4, -0.2) is 47.8 Å². The number of hydrogen-bond acceptors (Lipinski definition) is 8. The number of fused-ring (bicyclic) bond motifs is 2. The van der Waals surface area contributed by atoms with Crippen molar-refractivity contribution in [2.45, 2.75) is 58.2 Å². The Morgan fingerprint density at radius 3 is 1.85 bits per heavy atom. The van der Waals surface area contributed by atoms with Gasteiger partial charge in [0.25, 0.3) is 0 Å². The summed E-state index contributed by atoms with van der Waals surface area (Å²) in [4.78, 5) is 25.5. The Morgan fingerprint density at radius 2 is 1.29 bits per heavy atom. The van der Waals surface area contributed by atoms with E-state index in [0.29, 0.717) is 23.1 Å². The normalized spacial score (nSPS) is 15.4. The van der Waals surface area contributed by atoms with Gasteiger partial charge in [-0.05, 0) is 29.7 Å². The number of nitrogens with one attached hydrogen (secondary N) is 1. The van der Waals surface area contributed by atoms with Gasteiger partial charge >= 0.3 is 6.18 Å². The molecule has 0 saturated heterocycles. The number of anilines is 1. The number of hydrogen-bond donors (Lipinski definition) is 1. The molecule has 0 saturated carbocycles. The SMILES string of the molecule is C[C@@H](Nc1ncnc2c1CN(Cc1ccccc1)CC2)c1ccc(C(F)(F)F)nc1.Clc1ncnc2c1CN(Cc1ccccc1)CC2. The predicted molar refractivity (Wildman–Crippen MR) is 179 cm³/mol. The van der Waals surface area contributed by atoms with Gasteiger partial charge in [0, 0.05) is 69.4 Å². The highest BCUT2D eigenvalue weighted by Crippen LogP contribution is 2.30. The van der Waals surface area contributed by atoms with Gasteiger partial charge in [0.1, 0.15) is 29.3 Å². The van der Waals surface area contributed by atoms with Crippen molar-refractivity contribution in [3.63, 3.8) is 0 Å². The molecule has 0 radical (unpaired) electrons. The molecule has 0 amide bonds. The number of nitrogens with zero attached hydrogens (tertiary/aromatic N) is 7. The standard InChI is InChI=1S/C22H22F3N5.C14H14ClN3/c1-15(17-7-8-20(26-11-17)22(23,24)25)29-21-18-13-30(10-9-19(18)27-14-28-21)12-16-5-3-2-4-6-16;15-14-12-9-18(7-6-13(12)16-10-17-14)8-11-4-2-1-3-5-11/h2-8,11,14-15H,9-10,12-13H2,1H3,(H,27,28,29);1-5,10H,6-9H2/t15-;/m1./s1. The summed E-state index contributed by atoms with van der Waals surface area (Å²) in [6.45, 7) is 7.16. The van der Waals surface area contributed by atoms with Crippen LogP contribution in [0.15, 0.2) is 91.6 Å². The first-order chi connectivity index (χ1) is 23.2. The van der Waals surface area contributed by atoms with Gasteiger partial charge in [-0.3, -0.25) is 14.8 Å². The van der Waals surface area contributed by atoms with Crippen molar-refractivity contribution < 1.29 is 13.2 Å². The molecule has 2 aliphatic heterocycles. The van der Waals surface area contributed by atoms with Crippen molar-refractivity contribution in [2.24, 2.45) is 0 Å². The van der Waals surface area contributed by atoms with Crippen LogP contribution < -0.4 is 5.32 Å². The van der Waals surface area contributed by atoms with Gasteiger partial charge in [0.05, 0.1) is 17.4 Å². The molecule has 0 spiro atoms. The van der Waals surface area contributed by atoms with Crippen molar-refractivity contribution in [2.75, 3.05) is 18.4 Å². The van der Waals surface area contributed by atoms with Crippen molar-refractivity contribution in [3.05, 3.63) is 142 Å². The maximum atomic E-state index is 12.7. The molecule has 0 bridgehead atoms. The van der Waals surface area contributed by atoms with E-state index in [4.69, 9.17) is 11.6 Å². The second-order valence-corrected chi connectivity index (χ2v) is 12.3. The fraction of sp³-hybridized carbons (Fsp3) is 0.306. The third kappa shape index (κ3) is 8.52. The average molecular weight is 673 g/mol. The van der Waals surface area contributed by atoms with Crippen LogP contribution in [0.25, 0.3) is 0 Å². The zero-order valence-electron chi connectivity index (χ0n) is 26.5. The molecule has 2 aromatic carbocycles. The van der Waals surface area contributed by atoms with E-state index in [-0.39, 0.29) is 6.04 Å². The number of pyridine rings is 1. The summed E-state index contributed by atoms with van der Waals surface area (Å²) in [6, 6.07) is 23.0. The van der Waals surface area contributed by atoms with Crippen molar-refractivity contribution in [1.82, 2.24) is 34.7 Å². The summed E-state index contributed by atoms with van der Waals surface area (Å²) in [7, 11) is 0. The minimum absolute atomic E-state index is 0.247. The monoisotopic (exact) mass is 672 g/mol. The number of halogens is 4. The first-order valence-electron chi connectivity index (χ1n) is 15.9. The molecule has 1 N–H and O–H groups in total. The van der Waals surface area contributed by atoms with Crippen LogP contribution in [-0.2, 0) is 45.2 Å². The highest BCUT2D eigenvalue weighted by Gasteiger charge is 2.32. The zero-order chi connectivity index (χ0) is 33.5. The van der Waals surface area contributed by atoms with E-state index in [1.165, 1.54) is 29.7 Å². The first kappa shape index (κ1) is 33.5. The number of alkyl halides is 3. The van der Waals surface area contributed by atoms with E-state index in [1.54, 1.807) is 6.33 Å². The van der Waals surface area contributed by atoms with Crippen LogP contribution in [0.5, 0.6) is 0 Å². The Kier molecular flexibility index (Phi) is 10.6. The van der Waals surface area contributed by atoms with Crippen LogP contribution in [0.4, 0.5) is 19.0 Å². The molecule has 8 nitrogen and oxygen atoms in total. The minimum atomic E-state index is -4.44. The molecule has 12 heteroatoms. The first-order valence-corrected chi connectivity index (χ1v) is 16.2. The Labute approximate surface area is 283 Å². The summed E-state index contributed by atoms with van der Waals surface area (Å²) < 4.78 is 38.2. The lowest BCUT2D eigenvalue weighted by molar-refractivity contribution is -0.141. The number of benzene rings is 2. The molecule has 0 fully saturated rings. The fourth-order valence-corrected chi connectivity index (χ4v) is 6.17. The number of rotatable bonds is 7. The Balaban J connectivity index is 0.000000189. The van der Waals surface area contributed by atoms with Gasteiger partial charge in [0.2, 0.25) is 0 Å². The minimum Gasteiger partial charge on any atom is -0.363 e. The second-order valence-electron chi connectivity index (χ2n) is 12.0. The predicted octanol–water partition coefficient (Wildman–Crippen LogP) is 7.31. The second kappa shape index (κ2) is 15.2. The lowest BCUT2D eigenvalue weighted by atomic mass is 10.0. The van der Waals surface area contributed by atoms with Gasteiger partial charge in [-0.15, -0.1) is 0 Å². The summed E-state index contributed by atoms with van der Waals surface area (Å²) in [5.74, 6) is 0.713. The largest absolute Gasteiger partial charge is 0.433 e. The zero-order valence-corrected chi connectivity index (χ0v) is 27.3. The molecule has 2 aliphatic rings. The quantitative estimate of drug-likeness (QED) is 0.180. The Hall–Kier alpha value is -4.45. The summed E-state index contributed by atoms with van der Waals surface area (Å²) in [5, 5.41) is 3.93. The van der Waals surface area contributed by atoms with Gasteiger partial charge < -0.3 is 5.32 Å². The summed E-state index contributed by atoms with van der Waals surface area (Å²) in [5.41, 5.74) is 6.56. The molecule has 5 aromatic rings. The van der Waals surface area contributed by atoms with Gasteiger partial charge in [-0.2, -0.15) is 13.2 Å². The molecule has 0 aliphatic carbocycles. The Morgan fingerprint density at radius 1 is 0.729 bits per heavy atom. The maximum Gasteiger partial charge on any atom is 0.433 e. The van der Waals surface area contributed by atoms with E-state index >= 15 is 0 Å². The van der Waals surface area contributed by atoms with E-state index in [2.05, 4.69) is 76.4 Å². The smallest absolute Gasteiger partial charge is 0.363 e. The maximum absolute atomic E-state index is 12.7. The van der Waals surface area contributed by atoms with E-state index in [9.17, 15) is 13.2 Å². The summed E-state index contributed by atoms with van der Waals surface area (Å²) >= 11 is 6.13. The Bertz CT molecular complexity index is 1790. The van der Waals surface area contributed by atoms with E-state index in [1.807, 2.05) is 31.2 Å². The van der Waals surface area contributed by atoms with Crippen molar-refractivity contribution >= 4 is 17.4 Å². The molecule has 0 unspecified atom stereocenters. The number of aromatic nitrogens is 5. The summed E-state index contributed by atoms with van der Waals surface area (Å²) in [6.07, 6.45) is 1.68. The van der Waals surface area contributed by atoms with Crippen LogP contribution in [0.1, 0.15) is 57.9 Å². The fourth-order valence-electron chi connectivity index (χ4n) is 5.95. The highest BCUT2D eigenvalue weighted by atomic mass is 35.5. The van der Waals surface area contributed by atoms with Gasteiger partial charge in [-0.1, -0.05) is 78.3 Å². The van der Waals surface area contributed by atoms with Crippen LogP contribution in [0.2, 0.25) is 5.15 Å². The highest BCUT2D eigenvalue weighted by molar-refractivity contribution is 6.30. The molecule has 5 heterocycles. The topological polar surface area (TPSA) is 83.0 Å². The lowest BCUT2D eigenvalue weighted by Gasteiger charge is -2.30. The van der Waals surface area contributed by atoms with Gasteiger partial charge in [-0.25, -0.2) is 19.9 Å². The average Bonchev–Trinajstić information content (AvgIpc) is 3.10. The molecule has 7 rings (SSSR count). The van der Waals surface area contributed by atoms with Crippen LogP contribution >= 0.6 is 11.6 Å². The molecule has 248 valence electrons. The van der Waals surface area contributed by atoms with Crippen molar-refractivity contribution in [1.29, 1.82) is 0 Å². The van der Waals surface area contributed by atoms with Gasteiger partial charge in [0.15, 0.2) is 0 Å². The molecule has 3 aromatic heterocycles. The lowest BCUT2D eigenvalue weighted by Crippen LogP contribution is -2.31. The third-order valence-electron chi connectivity index (χ3n) is 8.54. The van der Waals surface area contributed by atoms with Crippen molar-refractivity contribution in [3.8, 4) is 0 Å². The van der Waals surface area contributed by atoms with E-state index in [0.717, 1.165) is 74.1 Å². The molecule has 48 heavy (non-hydrogen) atoms. The molecular formula is C36H36ClF3N8.